The van der Waals surface area contributed by atoms with Crippen LogP contribution in [-0.4, -0.2) is 77.1 Å². The van der Waals surface area contributed by atoms with Gasteiger partial charge in [-0.25, -0.2) is 4.79 Å². The number of hydrogen-bond donors (Lipinski definition) is 9. The van der Waals surface area contributed by atoms with Crippen molar-refractivity contribution in [2.75, 3.05) is 12.3 Å². The zero-order valence-electron chi connectivity index (χ0n) is 20.0. The normalized spacial score (nSPS) is 15.0. The molecular formula is C20H38N8O6S. The lowest BCUT2D eigenvalue weighted by Crippen LogP contribution is -2.58. The molecule has 0 aromatic rings. The van der Waals surface area contributed by atoms with Crippen molar-refractivity contribution in [1.29, 1.82) is 0 Å². The van der Waals surface area contributed by atoms with Crippen LogP contribution in [-0.2, 0) is 24.0 Å². The zero-order chi connectivity index (χ0) is 27.1. The van der Waals surface area contributed by atoms with Gasteiger partial charge in [0.25, 0.3) is 0 Å². The lowest BCUT2D eigenvalue weighted by Gasteiger charge is -2.27. The maximum absolute atomic E-state index is 13.0. The quantitative estimate of drug-likeness (QED) is 0.0414. The van der Waals surface area contributed by atoms with Gasteiger partial charge in [-0.2, -0.15) is 12.6 Å². The van der Waals surface area contributed by atoms with Crippen LogP contribution in [0.3, 0.4) is 0 Å². The Kier molecular flexibility index (Phi) is 15.1. The summed E-state index contributed by atoms with van der Waals surface area (Å²) < 4.78 is 0. The summed E-state index contributed by atoms with van der Waals surface area (Å²) >= 11 is 3.97. The molecule has 5 unspecified atom stereocenters. The number of nitrogens with one attached hydrogen (secondary N) is 3. The number of rotatable bonds is 17. The zero-order valence-corrected chi connectivity index (χ0v) is 20.9. The topological polar surface area (TPSA) is 258 Å². The van der Waals surface area contributed by atoms with E-state index in [0.717, 1.165) is 0 Å². The van der Waals surface area contributed by atoms with E-state index < -0.39 is 53.8 Å². The Morgan fingerprint density at radius 2 is 1.54 bits per heavy atom. The number of thiol groups is 1. The van der Waals surface area contributed by atoms with Gasteiger partial charge >= 0.3 is 5.97 Å². The smallest absolute Gasteiger partial charge is 0.326 e. The minimum absolute atomic E-state index is 0.0154. The highest BCUT2D eigenvalue weighted by Crippen LogP contribution is 2.10. The Hall–Kier alpha value is -3.07. The van der Waals surface area contributed by atoms with Crippen LogP contribution in [0.1, 0.15) is 46.0 Å². The van der Waals surface area contributed by atoms with Gasteiger partial charge in [-0.3, -0.25) is 24.2 Å². The lowest BCUT2D eigenvalue weighted by molar-refractivity contribution is -0.142. The van der Waals surface area contributed by atoms with Gasteiger partial charge in [0.1, 0.15) is 18.1 Å². The fraction of sp³-hybridized carbons (Fsp3) is 0.700. The van der Waals surface area contributed by atoms with E-state index in [1.807, 2.05) is 6.92 Å². The first kappa shape index (κ1) is 31.9. The highest BCUT2D eigenvalue weighted by Gasteiger charge is 2.32. The molecule has 200 valence electrons. The Bertz CT molecular complexity index is 777. The van der Waals surface area contributed by atoms with Gasteiger partial charge in [0.15, 0.2) is 5.96 Å². The summed E-state index contributed by atoms with van der Waals surface area (Å²) in [6.45, 7) is 3.70. The molecule has 15 heteroatoms. The molecule has 0 aliphatic rings. The number of nitrogens with zero attached hydrogens (tertiary/aromatic N) is 1. The van der Waals surface area contributed by atoms with E-state index in [4.69, 9.17) is 22.9 Å². The molecule has 0 radical (unpaired) electrons. The fourth-order valence-electron chi connectivity index (χ4n) is 2.90. The van der Waals surface area contributed by atoms with Gasteiger partial charge in [-0.1, -0.05) is 20.3 Å². The molecule has 0 aromatic heterocycles. The number of hydrogen-bond acceptors (Lipinski definition) is 8. The van der Waals surface area contributed by atoms with Crippen LogP contribution in [0, 0.1) is 5.92 Å². The second-order valence-corrected chi connectivity index (χ2v) is 8.44. The van der Waals surface area contributed by atoms with Gasteiger partial charge in [-0.05, 0) is 25.2 Å². The van der Waals surface area contributed by atoms with Crippen LogP contribution in [0.4, 0.5) is 0 Å². The van der Waals surface area contributed by atoms with E-state index in [0.29, 0.717) is 6.42 Å². The first-order valence-electron chi connectivity index (χ1n) is 11.2. The molecule has 35 heavy (non-hydrogen) atoms. The van der Waals surface area contributed by atoms with Gasteiger partial charge in [0.05, 0.1) is 6.04 Å². The first-order chi connectivity index (χ1) is 16.3. The van der Waals surface area contributed by atoms with E-state index in [-0.39, 0.29) is 49.9 Å². The molecule has 0 heterocycles. The second kappa shape index (κ2) is 16.5. The van der Waals surface area contributed by atoms with E-state index in [9.17, 15) is 29.1 Å². The molecule has 0 saturated carbocycles. The van der Waals surface area contributed by atoms with Gasteiger partial charge in [0.2, 0.25) is 23.6 Å². The van der Waals surface area contributed by atoms with E-state index >= 15 is 0 Å². The van der Waals surface area contributed by atoms with E-state index in [2.05, 4.69) is 33.6 Å². The maximum Gasteiger partial charge on any atom is 0.326 e. The van der Waals surface area contributed by atoms with E-state index in [1.165, 1.54) is 0 Å². The molecule has 12 N–H and O–H groups in total. The number of guanidine groups is 1. The number of amides is 4. The average Bonchev–Trinajstić information content (AvgIpc) is 2.79. The van der Waals surface area contributed by atoms with Crippen LogP contribution in [0.5, 0.6) is 0 Å². The number of carboxylic acids is 1. The van der Waals surface area contributed by atoms with Gasteiger partial charge < -0.3 is 44.0 Å². The number of nitrogens with two attached hydrogens (primary N) is 4. The number of aliphatic imine (C=N–C) groups is 1. The van der Waals surface area contributed by atoms with E-state index in [1.54, 1.807) is 6.92 Å². The van der Waals surface area contributed by atoms with Crippen LogP contribution >= 0.6 is 12.6 Å². The van der Waals surface area contributed by atoms with Crippen LogP contribution in [0.15, 0.2) is 4.99 Å². The molecule has 0 aromatic carbocycles. The Morgan fingerprint density at radius 3 is 2.03 bits per heavy atom. The molecule has 0 saturated heterocycles. The van der Waals surface area contributed by atoms with Gasteiger partial charge in [0, 0.05) is 18.7 Å². The Labute approximate surface area is 209 Å². The number of carbonyl (C=O) groups excluding carboxylic acids is 4. The average molecular weight is 519 g/mol. The van der Waals surface area contributed by atoms with Crippen LogP contribution in [0.25, 0.3) is 0 Å². The summed E-state index contributed by atoms with van der Waals surface area (Å²) in [5.41, 5.74) is 21.3. The maximum atomic E-state index is 13.0. The van der Waals surface area contributed by atoms with Crippen molar-refractivity contribution in [2.45, 2.75) is 70.1 Å². The summed E-state index contributed by atoms with van der Waals surface area (Å²) in [4.78, 5) is 64.7. The molecule has 14 nitrogen and oxygen atoms in total. The summed E-state index contributed by atoms with van der Waals surface area (Å²) in [7, 11) is 0. The summed E-state index contributed by atoms with van der Waals surface area (Å²) in [6, 6.07) is -4.54. The van der Waals surface area contributed by atoms with Crippen LogP contribution in [0.2, 0.25) is 0 Å². The van der Waals surface area contributed by atoms with Crippen molar-refractivity contribution in [2.24, 2.45) is 33.8 Å². The third-order valence-corrected chi connectivity index (χ3v) is 5.59. The Morgan fingerprint density at radius 1 is 0.943 bits per heavy atom. The standard InChI is InChI=1S/C20H38N8O6S/c1-3-10(2)15(28-16(30)11(21)9-35)18(32)26-12(6-7-14(22)29)17(31)27-13(19(33)34)5-4-8-25-20(23)24/h10-13,15,35H,3-9,21H2,1-2H3,(H2,22,29)(H,26,32)(H,27,31)(H,28,30)(H,33,34)(H4,23,24,25). The summed E-state index contributed by atoms with van der Waals surface area (Å²) in [5, 5.41) is 16.9. The van der Waals surface area contributed by atoms with Crippen molar-refractivity contribution < 1.29 is 29.1 Å². The number of aliphatic carboxylic acids is 1. The first-order valence-corrected chi connectivity index (χ1v) is 11.8. The molecular weight excluding hydrogens is 480 g/mol. The molecule has 0 aliphatic carbocycles. The minimum Gasteiger partial charge on any atom is -0.480 e. The van der Waals surface area contributed by atoms with Crippen molar-refractivity contribution in [3.63, 3.8) is 0 Å². The molecule has 0 fully saturated rings. The third kappa shape index (κ3) is 12.8. The summed E-state index contributed by atoms with van der Waals surface area (Å²) in [6.07, 6.45) is 0.377. The van der Waals surface area contributed by atoms with Crippen molar-refractivity contribution in [1.82, 2.24) is 16.0 Å². The number of primary amides is 1. The Balaban J connectivity index is 5.54. The predicted molar refractivity (Wildman–Crippen MR) is 133 cm³/mol. The largest absolute Gasteiger partial charge is 0.480 e. The minimum atomic E-state index is -1.30. The highest BCUT2D eigenvalue weighted by atomic mass is 32.1. The fourth-order valence-corrected chi connectivity index (χ4v) is 3.06. The molecule has 0 aliphatic heterocycles. The third-order valence-electron chi connectivity index (χ3n) is 5.20. The lowest BCUT2D eigenvalue weighted by atomic mass is 9.97. The summed E-state index contributed by atoms with van der Waals surface area (Å²) in [5.74, 6) is -4.53. The molecule has 4 amide bonds. The predicted octanol–water partition coefficient (Wildman–Crippen LogP) is -2.85. The van der Waals surface area contributed by atoms with Crippen LogP contribution < -0.4 is 38.9 Å². The van der Waals surface area contributed by atoms with Crippen molar-refractivity contribution >= 4 is 48.2 Å². The molecule has 0 spiro atoms. The SMILES string of the molecule is CCC(C)C(NC(=O)C(N)CS)C(=O)NC(CCC(N)=O)C(=O)NC(CCCN=C(N)N)C(=O)O. The number of carbonyl (C=O) groups is 5. The van der Waals surface area contributed by atoms with Crippen molar-refractivity contribution in [3.05, 3.63) is 0 Å². The van der Waals surface area contributed by atoms with Gasteiger partial charge in [-0.15, -0.1) is 0 Å². The highest BCUT2D eigenvalue weighted by molar-refractivity contribution is 7.80. The molecule has 0 rings (SSSR count). The molecule has 0 bridgehead atoms. The van der Waals surface area contributed by atoms with Crippen molar-refractivity contribution in [3.8, 4) is 0 Å². The molecule has 5 atom stereocenters. The second-order valence-electron chi connectivity index (χ2n) is 8.08. The number of carboxylic acid groups (broad SMARTS) is 1. The monoisotopic (exact) mass is 518 g/mol.